The molecule has 3 heterocycles. The predicted molar refractivity (Wildman–Crippen MR) is 76.4 cm³/mol. The summed E-state index contributed by atoms with van der Waals surface area (Å²) >= 11 is 1.69. The van der Waals surface area contributed by atoms with E-state index < -0.39 is 5.97 Å². The Kier molecular flexibility index (Phi) is 3.06. The first kappa shape index (κ1) is 12.3. The summed E-state index contributed by atoms with van der Waals surface area (Å²) in [5.74, 6) is -0.883. The van der Waals surface area contributed by atoms with Crippen LogP contribution >= 0.6 is 11.8 Å². The molecule has 0 fully saturated rings. The molecular weight excluding hydrogens is 260 g/mol. The fourth-order valence-electron chi connectivity index (χ4n) is 2.65. The molecule has 2 aromatic rings. The van der Waals surface area contributed by atoms with Crippen LogP contribution in [0.15, 0.2) is 29.3 Å². The molecule has 0 atom stereocenters. The van der Waals surface area contributed by atoms with Gasteiger partial charge in [0.2, 0.25) is 0 Å². The number of carbonyl (C=O) groups is 1. The summed E-state index contributed by atoms with van der Waals surface area (Å²) in [6, 6.07) is 4.07. The molecule has 0 aromatic carbocycles. The zero-order chi connectivity index (χ0) is 13.4. The summed E-state index contributed by atoms with van der Waals surface area (Å²) in [5, 5.41) is 10.1. The first-order chi connectivity index (χ1) is 9.20. The highest BCUT2D eigenvalue weighted by Gasteiger charge is 2.19. The molecule has 1 aliphatic heterocycles. The zero-order valence-electron chi connectivity index (χ0n) is 10.6. The molecule has 0 spiro atoms. The summed E-state index contributed by atoms with van der Waals surface area (Å²) in [6.07, 6.45) is 6.96. The van der Waals surface area contributed by atoms with E-state index in [0.29, 0.717) is 0 Å². The Hall–Kier alpha value is -1.75. The van der Waals surface area contributed by atoms with Crippen LogP contribution in [0.4, 0.5) is 0 Å². The lowest BCUT2D eigenvalue weighted by molar-refractivity contribution is -0.131. The Balaban J connectivity index is 2.26. The van der Waals surface area contributed by atoms with Gasteiger partial charge in [-0.05, 0) is 36.8 Å². The lowest BCUT2D eigenvalue weighted by atomic mass is 10.0. The number of rotatable bonds is 2. The van der Waals surface area contributed by atoms with Crippen LogP contribution < -0.4 is 0 Å². The summed E-state index contributed by atoms with van der Waals surface area (Å²) < 4.78 is 2.13. The highest BCUT2D eigenvalue weighted by molar-refractivity contribution is 7.98. The number of fused-ring (bicyclic) bond motifs is 3. The van der Waals surface area contributed by atoms with Crippen LogP contribution in [-0.2, 0) is 11.3 Å². The normalized spacial score (nSPS) is 16.8. The van der Waals surface area contributed by atoms with Gasteiger partial charge in [-0.25, -0.2) is 9.78 Å². The Morgan fingerprint density at radius 2 is 2.42 bits per heavy atom. The van der Waals surface area contributed by atoms with Crippen molar-refractivity contribution in [1.29, 1.82) is 0 Å². The number of hydrogen-bond donors (Lipinski definition) is 1. The third-order valence-electron chi connectivity index (χ3n) is 3.43. The van der Waals surface area contributed by atoms with Gasteiger partial charge in [0, 0.05) is 34.8 Å². The number of allylic oxidation sites excluding steroid dienone is 1. The highest BCUT2D eigenvalue weighted by Crippen LogP contribution is 2.34. The van der Waals surface area contributed by atoms with Crippen molar-refractivity contribution in [1.82, 2.24) is 9.55 Å². The van der Waals surface area contributed by atoms with E-state index in [1.165, 1.54) is 11.0 Å². The van der Waals surface area contributed by atoms with E-state index >= 15 is 0 Å². The standard InChI is InChI=1S/C14H14N2O2S/c1-19-12-4-5-15-14-10(12)8-11-9(7-13(17)18)3-2-6-16(11)14/h4-5,7-8H,2-3,6H2,1H3,(H,17,18). The fourth-order valence-corrected chi connectivity index (χ4v) is 3.21. The molecular formula is C14H14N2O2S. The first-order valence-corrected chi connectivity index (χ1v) is 7.39. The van der Waals surface area contributed by atoms with Crippen LogP contribution in [0.3, 0.4) is 0 Å². The van der Waals surface area contributed by atoms with Crippen molar-refractivity contribution in [2.45, 2.75) is 24.3 Å². The van der Waals surface area contributed by atoms with Gasteiger partial charge < -0.3 is 9.67 Å². The predicted octanol–water partition coefficient (Wildman–Crippen LogP) is 3.02. The second-order valence-electron chi connectivity index (χ2n) is 4.54. The monoisotopic (exact) mass is 274 g/mol. The van der Waals surface area contributed by atoms with Gasteiger partial charge in [0.05, 0.1) is 0 Å². The van der Waals surface area contributed by atoms with Crippen LogP contribution in [0.1, 0.15) is 18.5 Å². The van der Waals surface area contributed by atoms with Crippen molar-refractivity contribution in [2.75, 3.05) is 6.26 Å². The van der Waals surface area contributed by atoms with E-state index in [4.69, 9.17) is 5.11 Å². The average Bonchev–Trinajstić information content (AvgIpc) is 2.78. The van der Waals surface area contributed by atoms with Crippen LogP contribution in [-0.4, -0.2) is 26.9 Å². The summed E-state index contributed by atoms with van der Waals surface area (Å²) in [6.45, 7) is 0.903. The van der Waals surface area contributed by atoms with Crippen molar-refractivity contribution in [3.8, 4) is 0 Å². The molecule has 1 aliphatic rings. The number of nitrogens with zero attached hydrogens (tertiary/aromatic N) is 2. The Labute approximate surface area is 115 Å². The molecule has 0 aliphatic carbocycles. The minimum Gasteiger partial charge on any atom is -0.478 e. The van der Waals surface area contributed by atoms with Gasteiger partial charge in [0.15, 0.2) is 0 Å². The van der Waals surface area contributed by atoms with Crippen LogP contribution in [0.2, 0.25) is 0 Å². The minimum atomic E-state index is -0.883. The number of aryl methyl sites for hydroxylation is 1. The van der Waals surface area contributed by atoms with Crippen molar-refractivity contribution in [3.05, 3.63) is 30.1 Å². The van der Waals surface area contributed by atoms with E-state index in [9.17, 15) is 4.79 Å². The topological polar surface area (TPSA) is 55.1 Å². The number of hydrogen-bond acceptors (Lipinski definition) is 3. The molecule has 19 heavy (non-hydrogen) atoms. The van der Waals surface area contributed by atoms with E-state index in [-0.39, 0.29) is 0 Å². The molecule has 0 bridgehead atoms. The van der Waals surface area contributed by atoms with Crippen LogP contribution in [0.25, 0.3) is 16.6 Å². The summed E-state index contributed by atoms with van der Waals surface area (Å²) in [7, 11) is 0. The highest BCUT2D eigenvalue weighted by atomic mass is 32.2. The lowest BCUT2D eigenvalue weighted by Gasteiger charge is -2.18. The van der Waals surface area contributed by atoms with Gasteiger partial charge >= 0.3 is 5.97 Å². The number of carboxylic acids is 1. The maximum Gasteiger partial charge on any atom is 0.328 e. The van der Waals surface area contributed by atoms with Crippen molar-refractivity contribution in [3.63, 3.8) is 0 Å². The van der Waals surface area contributed by atoms with Gasteiger partial charge in [-0.2, -0.15) is 0 Å². The Morgan fingerprint density at radius 3 is 3.16 bits per heavy atom. The molecule has 0 saturated carbocycles. The molecule has 0 unspecified atom stereocenters. The molecule has 98 valence electrons. The van der Waals surface area contributed by atoms with Crippen molar-refractivity contribution in [2.24, 2.45) is 0 Å². The minimum absolute atomic E-state index is 0.817. The second-order valence-corrected chi connectivity index (χ2v) is 5.39. The number of aliphatic carboxylic acids is 1. The number of thioether (sulfide) groups is 1. The van der Waals surface area contributed by atoms with Crippen LogP contribution in [0.5, 0.6) is 0 Å². The maximum atomic E-state index is 10.9. The lowest BCUT2D eigenvalue weighted by Crippen LogP contribution is -2.10. The molecule has 1 N–H and O–H groups in total. The first-order valence-electron chi connectivity index (χ1n) is 6.17. The summed E-state index contributed by atoms with van der Waals surface area (Å²) in [4.78, 5) is 16.5. The largest absolute Gasteiger partial charge is 0.478 e. The molecule has 0 radical (unpaired) electrons. The van der Waals surface area contributed by atoms with Gasteiger partial charge in [0.25, 0.3) is 0 Å². The average molecular weight is 274 g/mol. The van der Waals surface area contributed by atoms with Crippen molar-refractivity contribution >= 4 is 34.3 Å². The van der Waals surface area contributed by atoms with Gasteiger partial charge in [-0.3, -0.25) is 0 Å². The van der Waals surface area contributed by atoms with Crippen molar-refractivity contribution < 1.29 is 9.90 Å². The third kappa shape index (κ3) is 2.04. The van der Waals surface area contributed by atoms with Gasteiger partial charge in [-0.1, -0.05) is 0 Å². The molecule has 4 nitrogen and oxygen atoms in total. The Morgan fingerprint density at radius 1 is 1.58 bits per heavy atom. The smallest absolute Gasteiger partial charge is 0.328 e. The zero-order valence-corrected chi connectivity index (χ0v) is 11.4. The number of pyridine rings is 1. The van der Waals surface area contributed by atoms with Crippen LogP contribution in [0, 0.1) is 0 Å². The molecule has 0 saturated heterocycles. The number of carboxylic acid groups (broad SMARTS) is 1. The number of aromatic nitrogens is 2. The van der Waals surface area contributed by atoms with Gasteiger partial charge in [-0.15, -0.1) is 11.8 Å². The fraction of sp³-hybridized carbons (Fsp3) is 0.286. The van der Waals surface area contributed by atoms with E-state index in [1.54, 1.807) is 11.8 Å². The molecule has 5 heteroatoms. The van der Waals surface area contributed by atoms with E-state index in [0.717, 1.165) is 41.7 Å². The third-order valence-corrected chi connectivity index (χ3v) is 4.23. The Bertz CT molecular complexity index is 688. The maximum absolute atomic E-state index is 10.9. The van der Waals surface area contributed by atoms with Gasteiger partial charge in [0.1, 0.15) is 5.65 Å². The van der Waals surface area contributed by atoms with E-state index in [2.05, 4.69) is 15.6 Å². The molecule has 3 rings (SSSR count). The molecule has 0 amide bonds. The SMILES string of the molecule is CSc1ccnc2c1cc1n2CCCC1=CC(=O)O. The second kappa shape index (κ2) is 4.74. The quantitative estimate of drug-likeness (QED) is 0.675. The summed E-state index contributed by atoms with van der Waals surface area (Å²) in [5.41, 5.74) is 2.85. The molecule has 2 aromatic heterocycles. The van der Waals surface area contributed by atoms with E-state index in [1.807, 2.05) is 18.5 Å².